The molecule has 0 fully saturated rings. The lowest BCUT2D eigenvalue weighted by molar-refractivity contribution is 0.517. The Kier molecular flexibility index (Phi) is 5.02. The standard InChI is InChI=1S/C17H19ClFN/c1-12(2)15(13-6-4-3-5-7-13)11-20-17-10-14(19)8-9-16(17)18/h3-10,12,15,20H,11H2,1-2H3. The Balaban J connectivity index is 2.12. The molecule has 2 aromatic carbocycles. The Morgan fingerprint density at radius 1 is 1.10 bits per heavy atom. The van der Waals surface area contributed by atoms with Crippen molar-refractivity contribution in [3.63, 3.8) is 0 Å². The van der Waals surface area contributed by atoms with Crippen LogP contribution >= 0.6 is 11.6 Å². The van der Waals surface area contributed by atoms with Crippen molar-refractivity contribution in [3.8, 4) is 0 Å². The van der Waals surface area contributed by atoms with Gasteiger partial charge in [0.1, 0.15) is 5.82 Å². The van der Waals surface area contributed by atoms with E-state index >= 15 is 0 Å². The van der Waals surface area contributed by atoms with Crippen molar-refractivity contribution in [2.75, 3.05) is 11.9 Å². The summed E-state index contributed by atoms with van der Waals surface area (Å²) in [5, 5.41) is 3.81. The van der Waals surface area contributed by atoms with Gasteiger partial charge in [-0.3, -0.25) is 0 Å². The average Bonchev–Trinajstić information content (AvgIpc) is 2.43. The summed E-state index contributed by atoms with van der Waals surface area (Å²) in [6.07, 6.45) is 0. The van der Waals surface area contributed by atoms with E-state index in [2.05, 4.69) is 31.3 Å². The Hall–Kier alpha value is -1.54. The third-order valence-corrected chi connectivity index (χ3v) is 3.80. The highest BCUT2D eigenvalue weighted by atomic mass is 35.5. The molecule has 1 N–H and O–H groups in total. The molecule has 0 aliphatic carbocycles. The minimum Gasteiger partial charge on any atom is -0.383 e. The first-order chi connectivity index (χ1) is 9.58. The molecule has 0 aromatic heterocycles. The quantitative estimate of drug-likeness (QED) is 0.785. The smallest absolute Gasteiger partial charge is 0.125 e. The fourth-order valence-electron chi connectivity index (χ4n) is 2.29. The van der Waals surface area contributed by atoms with E-state index in [9.17, 15) is 4.39 Å². The fourth-order valence-corrected chi connectivity index (χ4v) is 2.48. The van der Waals surface area contributed by atoms with E-state index in [0.29, 0.717) is 22.5 Å². The number of halogens is 2. The van der Waals surface area contributed by atoms with Gasteiger partial charge in [0.25, 0.3) is 0 Å². The van der Waals surface area contributed by atoms with Gasteiger partial charge in [-0.1, -0.05) is 55.8 Å². The highest BCUT2D eigenvalue weighted by Gasteiger charge is 2.16. The molecular formula is C17H19ClFN. The molecule has 2 rings (SSSR count). The van der Waals surface area contributed by atoms with Crippen molar-refractivity contribution >= 4 is 17.3 Å². The summed E-state index contributed by atoms with van der Waals surface area (Å²) >= 11 is 6.08. The molecule has 1 unspecified atom stereocenters. The Labute approximate surface area is 124 Å². The van der Waals surface area contributed by atoms with Gasteiger partial charge in [-0.05, 0) is 29.7 Å². The Morgan fingerprint density at radius 3 is 2.45 bits per heavy atom. The highest BCUT2D eigenvalue weighted by molar-refractivity contribution is 6.33. The molecule has 0 bridgehead atoms. The van der Waals surface area contributed by atoms with Crippen LogP contribution < -0.4 is 5.32 Å². The molecule has 0 aliphatic heterocycles. The maximum atomic E-state index is 13.3. The molecule has 1 atom stereocenters. The van der Waals surface area contributed by atoms with Crippen LogP contribution in [0, 0.1) is 11.7 Å². The zero-order valence-electron chi connectivity index (χ0n) is 11.7. The molecule has 0 saturated heterocycles. The van der Waals surface area contributed by atoms with Crippen molar-refractivity contribution in [1.82, 2.24) is 0 Å². The van der Waals surface area contributed by atoms with E-state index in [0.717, 1.165) is 6.54 Å². The summed E-state index contributed by atoms with van der Waals surface area (Å²) < 4.78 is 13.3. The topological polar surface area (TPSA) is 12.0 Å². The van der Waals surface area contributed by atoms with Crippen LogP contribution in [0.3, 0.4) is 0 Å². The molecular weight excluding hydrogens is 273 g/mol. The maximum Gasteiger partial charge on any atom is 0.125 e. The minimum absolute atomic E-state index is 0.280. The molecule has 0 aliphatic rings. The third kappa shape index (κ3) is 3.73. The van der Waals surface area contributed by atoms with E-state index < -0.39 is 0 Å². The second-order valence-corrected chi connectivity index (χ2v) is 5.67. The first-order valence-electron chi connectivity index (χ1n) is 6.82. The van der Waals surface area contributed by atoms with E-state index in [-0.39, 0.29) is 5.82 Å². The van der Waals surface area contributed by atoms with Gasteiger partial charge < -0.3 is 5.32 Å². The SMILES string of the molecule is CC(C)C(CNc1cc(F)ccc1Cl)c1ccccc1. The van der Waals surface area contributed by atoms with Crippen LogP contribution in [0.2, 0.25) is 5.02 Å². The van der Waals surface area contributed by atoms with Crippen LogP contribution in [-0.2, 0) is 0 Å². The van der Waals surface area contributed by atoms with Crippen LogP contribution in [-0.4, -0.2) is 6.54 Å². The molecule has 0 spiro atoms. The molecule has 0 saturated carbocycles. The van der Waals surface area contributed by atoms with Crippen LogP contribution in [0.5, 0.6) is 0 Å². The van der Waals surface area contributed by atoms with Crippen molar-refractivity contribution < 1.29 is 4.39 Å². The summed E-state index contributed by atoms with van der Waals surface area (Å²) in [4.78, 5) is 0. The summed E-state index contributed by atoms with van der Waals surface area (Å²) in [5.41, 5.74) is 1.93. The second-order valence-electron chi connectivity index (χ2n) is 5.27. The van der Waals surface area contributed by atoms with Crippen molar-refractivity contribution in [2.45, 2.75) is 19.8 Å². The van der Waals surface area contributed by atoms with Gasteiger partial charge in [-0.2, -0.15) is 0 Å². The Morgan fingerprint density at radius 2 is 1.80 bits per heavy atom. The Bertz CT molecular complexity index is 554. The molecule has 20 heavy (non-hydrogen) atoms. The van der Waals surface area contributed by atoms with E-state index in [1.165, 1.54) is 17.7 Å². The largest absolute Gasteiger partial charge is 0.383 e. The van der Waals surface area contributed by atoms with Crippen molar-refractivity contribution in [1.29, 1.82) is 0 Å². The number of hydrogen-bond acceptors (Lipinski definition) is 1. The number of anilines is 1. The monoisotopic (exact) mass is 291 g/mol. The molecule has 1 nitrogen and oxygen atoms in total. The van der Waals surface area contributed by atoms with Crippen LogP contribution in [0.25, 0.3) is 0 Å². The van der Waals surface area contributed by atoms with Gasteiger partial charge >= 0.3 is 0 Å². The number of rotatable bonds is 5. The predicted octanol–water partition coefficient (Wildman–Crippen LogP) is 5.33. The van der Waals surface area contributed by atoms with Gasteiger partial charge in [0, 0.05) is 12.5 Å². The van der Waals surface area contributed by atoms with E-state index in [1.54, 1.807) is 6.07 Å². The first kappa shape index (κ1) is 14.9. The van der Waals surface area contributed by atoms with Gasteiger partial charge in [0.05, 0.1) is 10.7 Å². The lowest BCUT2D eigenvalue weighted by Gasteiger charge is -2.22. The molecule has 0 heterocycles. The summed E-state index contributed by atoms with van der Waals surface area (Å²) in [6, 6.07) is 14.7. The third-order valence-electron chi connectivity index (χ3n) is 3.47. The fraction of sp³-hybridized carbons (Fsp3) is 0.294. The van der Waals surface area contributed by atoms with Gasteiger partial charge in [0.2, 0.25) is 0 Å². The number of benzene rings is 2. The molecule has 2 aromatic rings. The average molecular weight is 292 g/mol. The predicted molar refractivity (Wildman–Crippen MR) is 83.9 cm³/mol. The zero-order valence-corrected chi connectivity index (χ0v) is 12.5. The molecule has 106 valence electrons. The van der Waals surface area contributed by atoms with Gasteiger partial charge in [0.15, 0.2) is 0 Å². The van der Waals surface area contributed by atoms with Crippen LogP contribution in [0.15, 0.2) is 48.5 Å². The summed E-state index contributed by atoms with van der Waals surface area (Å²) in [7, 11) is 0. The lowest BCUT2D eigenvalue weighted by Crippen LogP contribution is -2.18. The normalized spacial score (nSPS) is 12.4. The minimum atomic E-state index is -0.280. The summed E-state index contributed by atoms with van der Waals surface area (Å²) in [5.74, 6) is 0.561. The lowest BCUT2D eigenvalue weighted by atomic mass is 9.88. The highest BCUT2D eigenvalue weighted by Crippen LogP contribution is 2.27. The van der Waals surface area contributed by atoms with Crippen LogP contribution in [0.1, 0.15) is 25.3 Å². The zero-order chi connectivity index (χ0) is 14.5. The van der Waals surface area contributed by atoms with Gasteiger partial charge in [-0.15, -0.1) is 0 Å². The molecule has 0 amide bonds. The van der Waals surface area contributed by atoms with Crippen LogP contribution in [0.4, 0.5) is 10.1 Å². The van der Waals surface area contributed by atoms with Gasteiger partial charge in [-0.25, -0.2) is 4.39 Å². The van der Waals surface area contributed by atoms with Crippen molar-refractivity contribution in [3.05, 3.63) is 64.9 Å². The second kappa shape index (κ2) is 6.76. The first-order valence-corrected chi connectivity index (χ1v) is 7.19. The van der Waals surface area contributed by atoms with E-state index in [1.807, 2.05) is 18.2 Å². The molecule has 3 heteroatoms. The maximum absolute atomic E-state index is 13.3. The summed E-state index contributed by atoms with van der Waals surface area (Å²) in [6.45, 7) is 5.10. The number of hydrogen-bond donors (Lipinski definition) is 1. The number of nitrogens with one attached hydrogen (secondary N) is 1. The van der Waals surface area contributed by atoms with Crippen molar-refractivity contribution in [2.24, 2.45) is 5.92 Å². The van der Waals surface area contributed by atoms with E-state index in [4.69, 9.17) is 11.6 Å². The molecule has 0 radical (unpaired) electrons.